The number of hydrogen-bond acceptors (Lipinski definition) is 33. The fraction of sp³-hybridized carbons (Fsp3) is 0.368. The lowest BCUT2D eigenvalue weighted by Crippen LogP contribution is -2.39. The molecule has 0 bridgehead atoms. The molecule has 43 heteroatoms. The molecule has 12 N–H and O–H groups in total. The van der Waals surface area contributed by atoms with Crippen LogP contribution in [0.3, 0.4) is 0 Å². The van der Waals surface area contributed by atoms with E-state index in [1.807, 2.05) is 102 Å². The zero-order chi connectivity index (χ0) is 108. The summed E-state index contributed by atoms with van der Waals surface area (Å²) < 4.78 is 168. The van der Waals surface area contributed by atoms with Gasteiger partial charge >= 0.3 is 0 Å². The number of halogens is 2. The van der Waals surface area contributed by atoms with Crippen LogP contribution in [0.2, 0.25) is 0 Å². The summed E-state index contributed by atoms with van der Waals surface area (Å²) >= 11 is 0. The second kappa shape index (κ2) is 49.4. The van der Waals surface area contributed by atoms with Gasteiger partial charge in [0.15, 0.2) is 20.1 Å². The van der Waals surface area contributed by atoms with E-state index in [1.165, 1.54) is 109 Å². The van der Waals surface area contributed by atoms with E-state index in [9.17, 15) is 61.6 Å². The van der Waals surface area contributed by atoms with Gasteiger partial charge in [0.25, 0.3) is 63.7 Å². The van der Waals surface area contributed by atoms with Gasteiger partial charge in [-0.25, -0.2) is 67.5 Å². The minimum Gasteiger partial charge on any atom is -0.497 e. The maximum Gasteiger partial charge on any atom is 0.281 e. The number of nitrogens with zero attached hydrogens (tertiary/aromatic N) is 12. The van der Waals surface area contributed by atoms with Crippen LogP contribution in [0, 0.1) is 35.3 Å². The maximum atomic E-state index is 14.5. The van der Waals surface area contributed by atoms with Crippen molar-refractivity contribution in [2.45, 2.75) is 204 Å². The summed E-state index contributed by atoms with van der Waals surface area (Å²) in [6.45, 7) is 27.6. The SMILES string of the molecule is CCC1CCC(C)N1c1nc(-c2cc(F)cc(OCC(C)C)c2)ccc1C(=O)NS(=O)(=O)c1cccc(N)n1.CCC1CCCN1c1nc(-c2cc(F)cc(OCC(C)C)c2)ccc1C(=O)NS(=O)(=O)c1cccc(N)n1.CCOC1CCN(c2nc(-c3ccc(OC(C)C)nc3)ccc2C(=O)NS(=O)(=O)c2cccc(N)n2)CC1.COc1ccc(-c2ccc(C(=O)NS(=O)(=O)c3cccc(N)n3)c(C3[C@H](C)CC[C@@H]3C)n2)cc1. The number of amides is 4. The van der Waals surface area contributed by atoms with Crippen molar-refractivity contribution in [1.29, 1.82) is 0 Å². The number of nitrogen functional groups attached to an aromatic ring is 4. The van der Waals surface area contributed by atoms with E-state index in [-0.39, 0.29) is 114 Å². The van der Waals surface area contributed by atoms with Crippen LogP contribution < -0.4 is 75.5 Å². The van der Waals surface area contributed by atoms with Gasteiger partial charge in [-0.1, -0.05) is 79.7 Å². The van der Waals surface area contributed by atoms with Crippen molar-refractivity contribution in [3.8, 4) is 68.2 Å². The van der Waals surface area contributed by atoms with Gasteiger partial charge in [0.1, 0.15) is 69.6 Å². The summed E-state index contributed by atoms with van der Waals surface area (Å²) in [5, 5.41) is -1.38. The maximum absolute atomic E-state index is 14.5. The molecule has 4 unspecified atom stereocenters. The van der Waals surface area contributed by atoms with Crippen LogP contribution in [0.25, 0.3) is 45.0 Å². The van der Waals surface area contributed by atoms with Gasteiger partial charge < -0.3 is 61.3 Å². The number of pyridine rings is 9. The Kier molecular flexibility index (Phi) is 37.0. The smallest absolute Gasteiger partial charge is 0.281 e. The topological polar surface area (TPSA) is 529 Å². The molecular weight excluding hydrogens is 1990 g/mol. The number of benzene rings is 3. The van der Waals surface area contributed by atoms with Crippen molar-refractivity contribution >= 4 is 104 Å². The zero-order valence-corrected chi connectivity index (χ0v) is 88.4. The van der Waals surface area contributed by atoms with E-state index in [4.69, 9.17) is 66.6 Å². The molecule has 6 atom stereocenters. The Labute approximate surface area is 867 Å². The van der Waals surface area contributed by atoms with E-state index >= 15 is 0 Å². The van der Waals surface area contributed by atoms with Crippen LogP contribution in [0.1, 0.15) is 200 Å². The molecule has 790 valence electrons. The molecule has 1 saturated carbocycles. The monoisotopic (exact) mass is 2120 g/mol. The molecule has 12 aromatic rings. The summed E-state index contributed by atoms with van der Waals surface area (Å²) in [7, 11) is -15.4. The standard InChI is InChI=1S/C28H34FN5O4S.C27H32FN5O4S.C26H32N6O5S.C25H28N4O4S/c1-5-21-10-9-18(4)34(21)27-23(28(35)33-39(36,37)26-8-6-7-25(30)32-26)11-12-24(31-27)19-13-20(29)15-22(14-19)38-16-17(2)3;1-4-20-7-6-12-33(20)26-22(27(34)32-38(35,36)25-9-5-8-24(29)31-25)10-11-23(30-26)18-13-19(28)15-21(14-18)37-16-17(2)3;1-4-36-19-12-14-32(15-13-19)25-20(26(33)31-38(34,35)24-7-5-6-22(27)30-24)9-10-21(29-25)18-8-11-23(28-16-18)37-17(2)3;1-15-7-8-16(2)23(15)24-19(13-14-20(27-24)17-9-11-18(33-3)12-10-17)25(30)29-34(31,32)22-6-4-5-21(26)28-22/h6-8,11-15,17-18,21H,5,9-10,16H2,1-4H3,(H2,30,32)(H,33,35);5,8-11,13-15,17,20H,4,6-7,12,16H2,1-3H3,(H2,29,31)(H,32,34);5-11,16-17,19H,4,12-15H2,1-3H3,(H2,27,30)(H,31,33);4-6,9-16,23H,7-8H2,1-3H3,(H2,26,28)(H,29,30)/t;;;15-,16+,23?. The van der Waals surface area contributed by atoms with Crippen molar-refractivity contribution in [1.82, 2.24) is 63.7 Å². The van der Waals surface area contributed by atoms with Crippen LogP contribution in [-0.4, -0.2) is 179 Å². The third kappa shape index (κ3) is 28.8. The number of piperidine rings is 1. The van der Waals surface area contributed by atoms with Gasteiger partial charge in [0, 0.05) is 96.9 Å². The van der Waals surface area contributed by atoms with Gasteiger partial charge in [-0.05, 0) is 267 Å². The number of anilines is 7. The Morgan fingerprint density at radius 2 is 0.832 bits per heavy atom. The van der Waals surface area contributed by atoms with Gasteiger partial charge in [-0.15, -0.1) is 0 Å². The highest BCUT2D eigenvalue weighted by Gasteiger charge is 2.40. The lowest BCUT2D eigenvalue weighted by Gasteiger charge is -2.33. The average molecular weight is 2120 g/mol. The predicted octanol–water partition coefficient (Wildman–Crippen LogP) is 16.2. The molecule has 1 aliphatic carbocycles. The van der Waals surface area contributed by atoms with Crippen molar-refractivity contribution in [3.05, 3.63) is 240 Å². The molecular formula is C106H126F2N20O17S4. The van der Waals surface area contributed by atoms with E-state index in [2.05, 4.69) is 69.5 Å². The molecule has 16 rings (SSSR count). The Balaban J connectivity index is 0.000000166. The first kappa shape index (κ1) is 112. The number of sulfonamides is 4. The minimum absolute atomic E-state index is 0.00528. The number of carbonyl (C=O) groups is 4. The van der Waals surface area contributed by atoms with E-state index in [0.717, 1.165) is 81.1 Å². The molecule has 12 heterocycles. The van der Waals surface area contributed by atoms with Crippen LogP contribution in [0.5, 0.6) is 23.1 Å². The quantitative estimate of drug-likeness (QED) is 0.0189. The van der Waals surface area contributed by atoms with Crippen molar-refractivity contribution < 1.29 is 85.3 Å². The lowest BCUT2D eigenvalue weighted by atomic mass is 9.85. The molecule has 9 aromatic heterocycles. The number of hydrogen-bond donors (Lipinski definition) is 8. The molecule has 37 nitrogen and oxygen atoms in total. The molecule has 0 radical (unpaired) electrons. The van der Waals surface area contributed by atoms with Crippen LogP contribution in [0.15, 0.2) is 220 Å². The summed E-state index contributed by atoms with van der Waals surface area (Å²) in [5.74, 6) is 0.179. The highest BCUT2D eigenvalue weighted by molar-refractivity contribution is 7.91. The zero-order valence-electron chi connectivity index (χ0n) is 85.1. The molecule has 4 fully saturated rings. The molecule has 149 heavy (non-hydrogen) atoms. The molecule has 3 aromatic carbocycles. The highest BCUT2D eigenvalue weighted by Crippen LogP contribution is 2.46. The van der Waals surface area contributed by atoms with Gasteiger partial charge in [0.2, 0.25) is 5.88 Å². The third-order valence-electron chi connectivity index (χ3n) is 25.2. The number of nitrogens with two attached hydrogens (primary N) is 4. The Morgan fingerprint density at radius 3 is 1.25 bits per heavy atom. The molecule has 3 saturated heterocycles. The summed E-state index contributed by atoms with van der Waals surface area (Å²) in [4.78, 5) is 98.1. The summed E-state index contributed by atoms with van der Waals surface area (Å²) in [6, 6.07) is 49.7. The fourth-order valence-corrected chi connectivity index (χ4v) is 21.7. The minimum atomic E-state index is -4.29. The summed E-state index contributed by atoms with van der Waals surface area (Å²) in [6.07, 6.45) is 10.6. The average Bonchev–Trinajstić information content (AvgIpc) is 1.06. The van der Waals surface area contributed by atoms with Crippen molar-refractivity contribution in [2.24, 2.45) is 23.7 Å². The van der Waals surface area contributed by atoms with Crippen LogP contribution >= 0.6 is 0 Å². The summed E-state index contributed by atoms with van der Waals surface area (Å²) in [5.41, 5.74) is 28.4. The molecule has 4 aliphatic rings. The highest BCUT2D eigenvalue weighted by atomic mass is 32.2. The second-order valence-corrected chi connectivity index (χ2v) is 44.2. The number of rotatable bonds is 33. The Hall–Kier alpha value is -14.7. The van der Waals surface area contributed by atoms with E-state index in [1.54, 1.807) is 67.9 Å². The largest absolute Gasteiger partial charge is 0.497 e. The Bertz CT molecular complexity index is 7280. The van der Waals surface area contributed by atoms with Crippen LogP contribution in [-0.2, 0) is 44.8 Å². The number of nitrogens with one attached hydrogen (secondary N) is 4. The van der Waals surface area contributed by atoms with Crippen molar-refractivity contribution in [2.75, 3.05) is 84.2 Å². The molecule has 0 spiro atoms. The first-order valence-electron chi connectivity index (χ1n) is 49.2. The fourth-order valence-electron chi connectivity index (χ4n) is 17.9. The van der Waals surface area contributed by atoms with E-state index in [0.29, 0.717) is 126 Å². The van der Waals surface area contributed by atoms with Gasteiger partial charge in [-0.2, -0.15) is 33.7 Å². The normalized spacial score (nSPS) is 16.8. The predicted molar refractivity (Wildman–Crippen MR) is 566 cm³/mol. The van der Waals surface area contributed by atoms with Gasteiger partial charge in [0.05, 0.1) is 83.3 Å². The first-order chi connectivity index (χ1) is 70.9. The second-order valence-electron chi connectivity index (χ2n) is 37.7. The van der Waals surface area contributed by atoms with E-state index < -0.39 is 75.4 Å². The number of aromatic nitrogens is 9. The van der Waals surface area contributed by atoms with Crippen molar-refractivity contribution in [3.63, 3.8) is 0 Å². The van der Waals surface area contributed by atoms with Gasteiger partial charge in [-0.3, -0.25) is 24.2 Å². The number of carbonyl (C=O) groups excluding carboxylic acids is 4. The lowest BCUT2D eigenvalue weighted by molar-refractivity contribution is 0.0458. The van der Waals surface area contributed by atoms with Crippen LogP contribution in [0.4, 0.5) is 49.5 Å². The number of methoxy groups -OCH3 is 1. The first-order valence-corrected chi connectivity index (χ1v) is 55.1. The Morgan fingerprint density at radius 1 is 0.423 bits per heavy atom. The molecule has 4 amide bonds. The molecule has 3 aliphatic heterocycles. The third-order valence-corrected chi connectivity index (χ3v) is 30.1. The number of ether oxygens (including phenoxy) is 5.